The Morgan fingerprint density at radius 3 is 1.57 bits per heavy atom. The van der Waals surface area contributed by atoms with Crippen molar-refractivity contribution >= 4 is 0 Å². The van der Waals surface area contributed by atoms with E-state index in [0.717, 1.165) is 47.1 Å². The molecule has 0 amide bonds. The third kappa shape index (κ3) is 3.84. The highest BCUT2D eigenvalue weighted by Gasteiger charge is 2.30. The van der Waals surface area contributed by atoms with Crippen molar-refractivity contribution in [2.45, 2.75) is 45.4 Å². The molecular weight excluding hydrogens is 348 g/mol. The summed E-state index contributed by atoms with van der Waals surface area (Å²) in [6.45, 7) is 6.26. The van der Waals surface area contributed by atoms with Gasteiger partial charge in [0.05, 0.1) is 0 Å². The van der Waals surface area contributed by atoms with Crippen molar-refractivity contribution in [3.05, 3.63) is 88.5 Å². The van der Waals surface area contributed by atoms with Crippen LogP contribution >= 0.6 is 0 Å². The van der Waals surface area contributed by atoms with Gasteiger partial charge in [0.2, 0.25) is 0 Å². The first-order valence-corrected chi connectivity index (χ1v) is 9.80. The monoisotopic (exact) mass is 376 g/mol. The van der Waals surface area contributed by atoms with Gasteiger partial charge in [-0.3, -0.25) is 0 Å². The lowest BCUT2D eigenvalue weighted by atomic mass is 9.71. The highest BCUT2D eigenvalue weighted by Crippen LogP contribution is 2.39. The molecular formula is C25H28O3. The third-order valence-corrected chi connectivity index (χ3v) is 5.69. The van der Waals surface area contributed by atoms with Gasteiger partial charge in [0, 0.05) is 5.41 Å². The number of hydrogen-bond donors (Lipinski definition) is 3. The van der Waals surface area contributed by atoms with E-state index in [1.807, 2.05) is 38.1 Å². The highest BCUT2D eigenvalue weighted by molar-refractivity contribution is 5.49. The van der Waals surface area contributed by atoms with Crippen molar-refractivity contribution in [1.29, 1.82) is 0 Å². The Morgan fingerprint density at radius 1 is 0.679 bits per heavy atom. The molecule has 0 aliphatic rings. The van der Waals surface area contributed by atoms with Crippen molar-refractivity contribution in [3.8, 4) is 17.2 Å². The average molecular weight is 376 g/mol. The molecule has 0 saturated carbocycles. The number of hydrogen-bond acceptors (Lipinski definition) is 3. The van der Waals surface area contributed by atoms with Crippen LogP contribution in [0.4, 0.5) is 0 Å². The van der Waals surface area contributed by atoms with Crippen molar-refractivity contribution in [3.63, 3.8) is 0 Å². The predicted octanol–water partition coefficient (Wildman–Crippen LogP) is 5.48. The second-order valence-electron chi connectivity index (χ2n) is 7.57. The van der Waals surface area contributed by atoms with Crippen molar-refractivity contribution in [1.82, 2.24) is 0 Å². The molecule has 0 radical (unpaired) electrons. The summed E-state index contributed by atoms with van der Waals surface area (Å²) in [5.74, 6) is 0.887. The van der Waals surface area contributed by atoms with E-state index in [-0.39, 0.29) is 11.2 Å². The molecule has 0 saturated heterocycles. The van der Waals surface area contributed by atoms with Crippen molar-refractivity contribution < 1.29 is 15.3 Å². The number of phenols is 3. The molecule has 0 atom stereocenters. The van der Waals surface area contributed by atoms with Crippen LogP contribution in [-0.2, 0) is 24.7 Å². The maximum absolute atomic E-state index is 10.1. The first-order chi connectivity index (χ1) is 13.4. The van der Waals surface area contributed by atoms with Gasteiger partial charge in [0.25, 0.3) is 0 Å². The fourth-order valence-electron chi connectivity index (χ4n) is 3.82. The van der Waals surface area contributed by atoms with Crippen LogP contribution in [0, 0.1) is 0 Å². The Hall–Kier alpha value is -2.94. The normalized spacial score (nSPS) is 11.5. The molecule has 0 fully saturated rings. The van der Waals surface area contributed by atoms with Gasteiger partial charge in [0.1, 0.15) is 17.2 Å². The number of benzene rings is 3. The van der Waals surface area contributed by atoms with E-state index in [1.54, 1.807) is 24.3 Å². The molecule has 3 N–H and O–H groups in total. The quantitative estimate of drug-likeness (QED) is 0.534. The summed E-state index contributed by atoms with van der Waals surface area (Å²) >= 11 is 0. The molecule has 0 unspecified atom stereocenters. The largest absolute Gasteiger partial charge is 0.508 e. The first kappa shape index (κ1) is 19.8. The van der Waals surface area contributed by atoms with Crippen LogP contribution in [0.1, 0.15) is 48.6 Å². The van der Waals surface area contributed by atoms with Crippen LogP contribution in [0.25, 0.3) is 0 Å². The summed E-state index contributed by atoms with van der Waals surface area (Å²) in [7, 11) is 0. The summed E-state index contributed by atoms with van der Waals surface area (Å²) in [6, 6.07) is 18.9. The van der Waals surface area contributed by atoms with Gasteiger partial charge in [-0.25, -0.2) is 0 Å². The molecule has 3 heteroatoms. The average Bonchev–Trinajstić information content (AvgIpc) is 2.70. The molecule has 28 heavy (non-hydrogen) atoms. The molecule has 0 aliphatic heterocycles. The Balaban J connectivity index is 2.16. The summed E-state index contributed by atoms with van der Waals surface area (Å²) in [6.07, 6.45) is 2.24. The molecule has 3 aromatic carbocycles. The van der Waals surface area contributed by atoms with E-state index in [1.165, 1.54) is 0 Å². The van der Waals surface area contributed by atoms with Gasteiger partial charge in [-0.05, 0) is 71.3 Å². The summed E-state index contributed by atoms with van der Waals surface area (Å²) in [5.41, 5.74) is 4.82. The van der Waals surface area contributed by atoms with Crippen LogP contribution in [0.5, 0.6) is 17.2 Å². The summed E-state index contributed by atoms with van der Waals surface area (Å²) in [5, 5.41) is 29.9. The van der Waals surface area contributed by atoms with Crippen LogP contribution < -0.4 is 0 Å². The van der Waals surface area contributed by atoms with Gasteiger partial charge in [-0.15, -0.1) is 0 Å². The molecule has 146 valence electrons. The van der Waals surface area contributed by atoms with E-state index < -0.39 is 0 Å². The molecule has 0 aliphatic carbocycles. The topological polar surface area (TPSA) is 60.7 Å². The molecule has 0 spiro atoms. The minimum atomic E-state index is -0.355. The SMILES string of the molecule is CCc1cc(C(C)(Cc2ccc(O)cc2)c2ccc(O)c(CC)c2)ccc1O. The van der Waals surface area contributed by atoms with Crippen molar-refractivity contribution in [2.24, 2.45) is 0 Å². The zero-order valence-electron chi connectivity index (χ0n) is 16.7. The van der Waals surface area contributed by atoms with Crippen LogP contribution in [0.3, 0.4) is 0 Å². The third-order valence-electron chi connectivity index (χ3n) is 5.69. The lowest BCUT2D eigenvalue weighted by Gasteiger charge is -2.32. The number of phenolic OH excluding ortho intramolecular Hbond substituents is 3. The number of rotatable bonds is 6. The Morgan fingerprint density at radius 2 is 1.14 bits per heavy atom. The van der Waals surface area contributed by atoms with E-state index >= 15 is 0 Å². The fourth-order valence-corrected chi connectivity index (χ4v) is 3.82. The van der Waals surface area contributed by atoms with E-state index in [2.05, 4.69) is 19.1 Å². The maximum atomic E-state index is 10.1. The summed E-state index contributed by atoms with van der Waals surface area (Å²) in [4.78, 5) is 0. The zero-order valence-corrected chi connectivity index (χ0v) is 16.7. The van der Waals surface area contributed by atoms with Gasteiger partial charge < -0.3 is 15.3 Å². The minimum Gasteiger partial charge on any atom is -0.508 e. The Bertz CT molecular complexity index is 905. The van der Waals surface area contributed by atoms with Crippen LogP contribution in [-0.4, -0.2) is 15.3 Å². The lowest BCUT2D eigenvalue weighted by molar-refractivity contribution is 0.465. The first-order valence-electron chi connectivity index (χ1n) is 9.80. The fraction of sp³-hybridized carbons (Fsp3) is 0.280. The van der Waals surface area contributed by atoms with Crippen molar-refractivity contribution in [2.75, 3.05) is 0 Å². The van der Waals surface area contributed by atoms with Crippen LogP contribution in [0.2, 0.25) is 0 Å². The lowest BCUT2D eigenvalue weighted by Crippen LogP contribution is -2.27. The van der Waals surface area contributed by atoms with Gasteiger partial charge in [-0.2, -0.15) is 0 Å². The predicted molar refractivity (Wildman–Crippen MR) is 113 cm³/mol. The van der Waals surface area contributed by atoms with E-state index in [4.69, 9.17) is 0 Å². The summed E-state index contributed by atoms with van der Waals surface area (Å²) < 4.78 is 0. The Kier molecular flexibility index (Phi) is 5.64. The molecule has 0 bridgehead atoms. The van der Waals surface area contributed by atoms with E-state index in [0.29, 0.717) is 11.5 Å². The second kappa shape index (κ2) is 7.97. The van der Waals surface area contributed by atoms with Gasteiger partial charge in [0.15, 0.2) is 0 Å². The second-order valence-corrected chi connectivity index (χ2v) is 7.57. The van der Waals surface area contributed by atoms with Gasteiger partial charge in [-0.1, -0.05) is 57.2 Å². The molecule has 0 aromatic heterocycles. The molecule has 0 heterocycles. The maximum Gasteiger partial charge on any atom is 0.118 e. The van der Waals surface area contributed by atoms with E-state index in [9.17, 15) is 15.3 Å². The molecule has 3 rings (SSSR count). The zero-order chi connectivity index (χ0) is 20.3. The van der Waals surface area contributed by atoms with Gasteiger partial charge >= 0.3 is 0 Å². The molecule has 3 aromatic rings. The highest BCUT2D eigenvalue weighted by atomic mass is 16.3. The minimum absolute atomic E-state index is 0.251. The standard InChI is InChI=1S/C25H28O3/c1-4-18-14-20(8-12-23(18)27)25(3,16-17-6-10-22(26)11-7-17)21-9-13-24(28)19(5-2)15-21/h6-15,26-28H,4-5,16H2,1-3H3. The van der Waals surface area contributed by atoms with Crippen LogP contribution in [0.15, 0.2) is 60.7 Å². The number of aromatic hydroxyl groups is 3. The Labute approximate surface area is 166 Å². The number of aryl methyl sites for hydroxylation is 2. The molecule has 3 nitrogen and oxygen atoms in total. The smallest absolute Gasteiger partial charge is 0.118 e.